The van der Waals surface area contributed by atoms with Gasteiger partial charge in [0.2, 0.25) is 0 Å². The molecule has 4 heteroatoms. The standard InChI is InChI=1S/C6H5Cl3Si/c7-5-3-1-2-4-6(5)10(8)9/h1-4,10H. The van der Waals surface area contributed by atoms with E-state index in [1.54, 1.807) is 6.07 Å². The average molecular weight is 212 g/mol. The van der Waals surface area contributed by atoms with Crippen molar-refractivity contribution in [1.82, 2.24) is 0 Å². The Morgan fingerprint density at radius 1 is 1.10 bits per heavy atom. The molecule has 0 saturated heterocycles. The smallest absolute Gasteiger partial charge is 0.144 e. The maximum atomic E-state index is 5.79. The number of hydrogen-bond acceptors (Lipinski definition) is 0. The maximum absolute atomic E-state index is 5.79. The highest BCUT2D eigenvalue weighted by molar-refractivity contribution is 7.39. The van der Waals surface area contributed by atoms with E-state index in [1.165, 1.54) is 0 Å². The molecule has 54 valence electrons. The predicted molar refractivity (Wildman–Crippen MR) is 49.9 cm³/mol. The van der Waals surface area contributed by atoms with Gasteiger partial charge >= 0.3 is 0 Å². The van der Waals surface area contributed by atoms with Crippen molar-refractivity contribution < 1.29 is 0 Å². The predicted octanol–water partition coefficient (Wildman–Crippen LogP) is 2.25. The summed E-state index contributed by atoms with van der Waals surface area (Å²) in [5, 5.41) is 1.57. The molecule has 0 fully saturated rings. The van der Waals surface area contributed by atoms with E-state index >= 15 is 0 Å². The molecule has 0 spiro atoms. The first-order valence-electron chi connectivity index (χ1n) is 2.74. The second kappa shape index (κ2) is 3.63. The lowest BCUT2D eigenvalue weighted by molar-refractivity contribution is 1.77. The molecule has 0 amide bonds. The molecule has 0 aliphatic rings. The lowest BCUT2D eigenvalue weighted by Gasteiger charge is -2.00. The minimum absolute atomic E-state index is 0.671. The summed E-state index contributed by atoms with van der Waals surface area (Å²) in [6, 6.07) is 7.39. The third-order valence-electron chi connectivity index (χ3n) is 1.14. The molecule has 0 nitrogen and oxygen atoms in total. The second-order valence-electron chi connectivity index (χ2n) is 1.82. The molecule has 1 aromatic carbocycles. The van der Waals surface area contributed by atoms with Crippen LogP contribution in [-0.4, -0.2) is 7.42 Å². The van der Waals surface area contributed by atoms with Gasteiger partial charge in [0.1, 0.15) is 0 Å². The Balaban J connectivity index is 3.03. The van der Waals surface area contributed by atoms with Gasteiger partial charge in [-0.25, -0.2) is 0 Å². The van der Waals surface area contributed by atoms with E-state index < -0.39 is 7.42 Å². The van der Waals surface area contributed by atoms with Crippen LogP contribution in [0.15, 0.2) is 24.3 Å². The zero-order valence-electron chi connectivity index (χ0n) is 5.02. The van der Waals surface area contributed by atoms with Crippen LogP contribution < -0.4 is 5.19 Å². The van der Waals surface area contributed by atoms with Crippen molar-refractivity contribution in [2.75, 3.05) is 0 Å². The summed E-state index contributed by atoms with van der Waals surface area (Å²) in [6.07, 6.45) is 0. The van der Waals surface area contributed by atoms with Crippen LogP contribution in [0.2, 0.25) is 5.02 Å². The van der Waals surface area contributed by atoms with Crippen LogP contribution in [-0.2, 0) is 0 Å². The summed E-state index contributed by atoms with van der Waals surface area (Å²) in [5.74, 6) is 0. The fourth-order valence-corrected chi connectivity index (χ4v) is 3.15. The summed E-state index contributed by atoms with van der Waals surface area (Å²) >= 11 is 17.2. The Morgan fingerprint density at radius 2 is 1.70 bits per heavy atom. The molecule has 0 aliphatic carbocycles. The monoisotopic (exact) mass is 210 g/mol. The van der Waals surface area contributed by atoms with E-state index in [2.05, 4.69) is 0 Å². The summed E-state index contributed by atoms with van der Waals surface area (Å²) in [7, 11) is -1.76. The third-order valence-corrected chi connectivity index (χ3v) is 4.05. The fourth-order valence-electron chi connectivity index (χ4n) is 0.652. The zero-order chi connectivity index (χ0) is 7.56. The zero-order valence-corrected chi connectivity index (χ0v) is 8.44. The maximum Gasteiger partial charge on any atom is 0.268 e. The molecule has 0 radical (unpaired) electrons. The van der Waals surface area contributed by atoms with E-state index in [-0.39, 0.29) is 0 Å². The van der Waals surface area contributed by atoms with Crippen LogP contribution in [0.4, 0.5) is 0 Å². The molecule has 10 heavy (non-hydrogen) atoms. The highest BCUT2D eigenvalue weighted by Crippen LogP contribution is 2.08. The molecule has 0 unspecified atom stereocenters. The van der Waals surface area contributed by atoms with E-state index in [1.807, 2.05) is 18.2 Å². The number of rotatable bonds is 1. The Morgan fingerprint density at radius 3 is 2.10 bits per heavy atom. The van der Waals surface area contributed by atoms with E-state index in [9.17, 15) is 0 Å². The van der Waals surface area contributed by atoms with Crippen LogP contribution in [0, 0.1) is 0 Å². The van der Waals surface area contributed by atoms with Gasteiger partial charge in [0.05, 0.1) is 0 Å². The van der Waals surface area contributed by atoms with Gasteiger partial charge in [0.25, 0.3) is 7.42 Å². The molecule has 0 atom stereocenters. The van der Waals surface area contributed by atoms with Crippen molar-refractivity contribution in [1.29, 1.82) is 0 Å². The molecule has 1 rings (SSSR count). The molecule has 0 bridgehead atoms. The second-order valence-corrected chi connectivity index (χ2v) is 6.74. The minimum Gasteiger partial charge on any atom is -0.144 e. The molecule has 0 saturated carbocycles. The van der Waals surface area contributed by atoms with Crippen LogP contribution >= 0.6 is 33.8 Å². The van der Waals surface area contributed by atoms with Gasteiger partial charge in [0.15, 0.2) is 0 Å². The first-order valence-corrected chi connectivity index (χ1v) is 7.19. The Bertz CT molecular complexity index is 224. The van der Waals surface area contributed by atoms with E-state index in [0.717, 1.165) is 5.19 Å². The molecular weight excluding hydrogens is 207 g/mol. The Kier molecular flexibility index (Phi) is 3.05. The fraction of sp³-hybridized carbons (Fsp3) is 0. The Hall–Kier alpha value is 0.307. The first-order chi connectivity index (χ1) is 4.72. The van der Waals surface area contributed by atoms with Crippen LogP contribution in [0.1, 0.15) is 0 Å². The molecule has 1 aromatic rings. The number of benzene rings is 1. The van der Waals surface area contributed by atoms with Crippen molar-refractivity contribution in [2.45, 2.75) is 0 Å². The summed E-state index contributed by atoms with van der Waals surface area (Å²) in [4.78, 5) is 0. The van der Waals surface area contributed by atoms with Gasteiger partial charge in [-0.05, 0) is 11.3 Å². The number of halogens is 3. The molecular formula is C6H5Cl3Si. The van der Waals surface area contributed by atoms with Gasteiger partial charge < -0.3 is 0 Å². The minimum atomic E-state index is -1.76. The van der Waals surface area contributed by atoms with Crippen molar-refractivity contribution in [2.24, 2.45) is 0 Å². The SMILES string of the molecule is Clc1ccccc1[SiH](Cl)Cl. The molecule has 0 aliphatic heterocycles. The third kappa shape index (κ3) is 1.89. The topological polar surface area (TPSA) is 0 Å². The van der Waals surface area contributed by atoms with Crippen molar-refractivity contribution in [3.05, 3.63) is 29.3 Å². The summed E-state index contributed by atoms with van der Waals surface area (Å²) in [6.45, 7) is 0. The summed E-state index contributed by atoms with van der Waals surface area (Å²) in [5.41, 5.74) is 0. The normalized spacial score (nSPS) is 10.4. The van der Waals surface area contributed by atoms with Gasteiger partial charge in [-0.15, -0.1) is 22.2 Å². The van der Waals surface area contributed by atoms with Gasteiger partial charge in [-0.1, -0.05) is 29.8 Å². The summed E-state index contributed by atoms with van der Waals surface area (Å²) < 4.78 is 0. The van der Waals surface area contributed by atoms with Gasteiger partial charge in [-0.3, -0.25) is 0 Å². The number of hydrogen-bond donors (Lipinski definition) is 0. The van der Waals surface area contributed by atoms with Crippen molar-refractivity contribution in [3.8, 4) is 0 Å². The largest absolute Gasteiger partial charge is 0.268 e. The highest BCUT2D eigenvalue weighted by Gasteiger charge is 2.08. The quantitative estimate of drug-likeness (QED) is 0.494. The molecule has 0 heterocycles. The van der Waals surface area contributed by atoms with Crippen molar-refractivity contribution >= 4 is 46.4 Å². The Labute approximate surface area is 75.7 Å². The molecule has 0 aromatic heterocycles. The highest BCUT2D eigenvalue weighted by atomic mass is 35.7. The van der Waals surface area contributed by atoms with Crippen molar-refractivity contribution in [3.63, 3.8) is 0 Å². The van der Waals surface area contributed by atoms with E-state index in [4.69, 9.17) is 33.8 Å². The van der Waals surface area contributed by atoms with Gasteiger partial charge in [0, 0.05) is 5.02 Å². The van der Waals surface area contributed by atoms with Crippen LogP contribution in [0.3, 0.4) is 0 Å². The van der Waals surface area contributed by atoms with Gasteiger partial charge in [-0.2, -0.15) is 0 Å². The first kappa shape index (κ1) is 8.40. The molecule has 0 N–H and O–H groups in total. The lowest BCUT2D eigenvalue weighted by atomic mass is 10.4. The average Bonchev–Trinajstić information content (AvgIpc) is 1.88. The van der Waals surface area contributed by atoms with Crippen LogP contribution in [0.25, 0.3) is 0 Å². The lowest BCUT2D eigenvalue weighted by Crippen LogP contribution is -2.18. The van der Waals surface area contributed by atoms with E-state index in [0.29, 0.717) is 5.02 Å². The van der Waals surface area contributed by atoms with Crippen LogP contribution in [0.5, 0.6) is 0 Å².